The molecule has 0 amide bonds. The highest BCUT2D eigenvalue weighted by atomic mass is 79.9. The zero-order chi connectivity index (χ0) is 17.1. The SMILES string of the molecule is Cc1noc(COc2ccccc2OCc2onc(C)c2Br)c1Br. The van der Waals surface area contributed by atoms with E-state index < -0.39 is 0 Å². The molecular formula is C16H14Br2N2O4. The molecule has 0 aliphatic rings. The molecule has 3 aromatic rings. The van der Waals surface area contributed by atoms with E-state index in [-0.39, 0.29) is 13.2 Å². The number of para-hydroxylation sites is 2. The van der Waals surface area contributed by atoms with Crippen molar-refractivity contribution in [3.05, 3.63) is 56.1 Å². The Morgan fingerprint density at radius 3 is 1.58 bits per heavy atom. The van der Waals surface area contributed by atoms with Gasteiger partial charge >= 0.3 is 0 Å². The number of hydrogen-bond acceptors (Lipinski definition) is 6. The summed E-state index contributed by atoms with van der Waals surface area (Å²) in [5.74, 6) is 2.45. The van der Waals surface area contributed by atoms with Gasteiger partial charge in [-0.25, -0.2) is 0 Å². The second kappa shape index (κ2) is 7.40. The molecule has 1 aromatic carbocycles. The molecule has 0 saturated carbocycles. The summed E-state index contributed by atoms with van der Waals surface area (Å²) in [4.78, 5) is 0. The summed E-state index contributed by atoms with van der Waals surface area (Å²) >= 11 is 6.84. The molecule has 2 heterocycles. The Kier molecular flexibility index (Phi) is 5.25. The van der Waals surface area contributed by atoms with Crippen molar-refractivity contribution in [2.24, 2.45) is 0 Å². The van der Waals surface area contributed by atoms with Crippen LogP contribution in [0.15, 0.2) is 42.3 Å². The second-order valence-electron chi connectivity index (χ2n) is 5.03. The lowest BCUT2D eigenvalue weighted by Crippen LogP contribution is -2.00. The minimum Gasteiger partial charge on any atom is -0.482 e. The Morgan fingerprint density at radius 2 is 1.25 bits per heavy atom. The van der Waals surface area contributed by atoms with Gasteiger partial charge in [0, 0.05) is 0 Å². The molecule has 3 rings (SSSR count). The first-order valence-corrected chi connectivity index (χ1v) is 8.70. The highest BCUT2D eigenvalue weighted by Gasteiger charge is 2.14. The lowest BCUT2D eigenvalue weighted by molar-refractivity contribution is 0.213. The van der Waals surface area contributed by atoms with Gasteiger partial charge in [-0.15, -0.1) is 0 Å². The Labute approximate surface area is 155 Å². The van der Waals surface area contributed by atoms with Crippen LogP contribution in [0.25, 0.3) is 0 Å². The molecule has 2 aromatic heterocycles. The Morgan fingerprint density at radius 1 is 0.833 bits per heavy atom. The van der Waals surface area contributed by atoms with Crippen LogP contribution >= 0.6 is 31.9 Å². The second-order valence-corrected chi connectivity index (χ2v) is 6.62. The summed E-state index contributed by atoms with van der Waals surface area (Å²) in [6.45, 7) is 4.19. The molecule has 126 valence electrons. The van der Waals surface area contributed by atoms with E-state index in [0.717, 1.165) is 20.3 Å². The standard InChI is InChI=1S/C16H14Br2N2O4/c1-9-15(17)13(23-19-9)7-21-11-5-3-4-6-12(11)22-8-14-16(18)10(2)20-24-14/h3-6H,7-8H2,1-2H3. The van der Waals surface area contributed by atoms with Gasteiger partial charge in [0.25, 0.3) is 0 Å². The predicted molar refractivity (Wildman–Crippen MR) is 93.0 cm³/mol. The molecule has 0 atom stereocenters. The van der Waals surface area contributed by atoms with Crippen LogP contribution in [0.2, 0.25) is 0 Å². The summed E-state index contributed by atoms with van der Waals surface area (Å²) in [7, 11) is 0. The largest absolute Gasteiger partial charge is 0.482 e. The van der Waals surface area contributed by atoms with Crippen LogP contribution in [0.1, 0.15) is 22.9 Å². The summed E-state index contributed by atoms with van der Waals surface area (Å²) in [5, 5.41) is 7.76. The zero-order valence-electron chi connectivity index (χ0n) is 13.0. The maximum absolute atomic E-state index is 5.79. The van der Waals surface area contributed by atoms with E-state index in [1.54, 1.807) is 0 Å². The van der Waals surface area contributed by atoms with Crippen LogP contribution in [0.5, 0.6) is 11.5 Å². The van der Waals surface area contributed by atoms with Crippen molar-refractivity contribution in [3.63, 3.8) is 0 Å². The van der Waals surface area contributed by atoms with Gasteiger partial charge in [-0.2, -0.15) is 0 Å². The third kappa shape index (κ3) is 3.64. The van der Waals surface area contributed by atoms with Gasteiger partial charge in [0.05, 0.1) is 20.3 Å². The lowest BCUT2D eigenvalue weighted by atomic mass is 10.3. The van der Waals surface area contributed by atoms with Crippen LogP contribution in [-0.2, 0) is 13.2 Å². The van der Waals surface area contributed by atoms with E-state index in [1.165, 1.54) is 0 Å². The highest BCUT2D eigenvalue weighted by Crippen LogP contribution is 2.30. The van der Waals surface area contributed by atoms with Gasteiger partial charge in [0.2, 0.25) is 0 Å². The van der Waals surface area contributed by atoms with Crippen molar-refractivity contribution in [2.75, 3.05) is 0 Å². The van der Waals surface area contributed by atoms with Gasteiger partial charge in [-0.3, -0.25) is 0 Å². The fourth-order valence-corrected chi connectivity index (χ4v) is 2.48. The molecule has 0 fully saturated rings. The van der Waals surface area contributed by atoms with Gasteiger partial charge in [-0.05, 0) is 57.8 Å². The molecule has 0 spiro atoms. The molecule has 0 bridgehead atoms. The fraction of sp³-hybridized carbons (Fsp3) is 0.250. The van der Waals surface area contributed by atoms with Crippen molar-refractivity contribution in [2.45, 2.75) is 27.1 Å². The van der Waals surface area contributed by atoms with E-state index in [4.69, 9.17) is 18.5 Å². The minimum atomic E-state index is 0.243. The van der Waals surface area contributed by atoms with E-state index in [2.05, 4.69) is 42.2 Å². The number of rotatable bonds is 6. The number of benzene rings is 1. The quantitative estimate of drug-likeness (QED) is 0.520. The van der Waals surface area contributed by atoms with E-state index in [0.29, 0.717) is 23.0 Å². The van der Waals surface area contributed by atoms with Crippen molar-refractivity contribution in [1.29, 1.82) is 0 Å². The predicted octanol–water partition coefficient (Wildman–Crippen LogP) is 4.96. The first kappa shape index (κ1) is 17.0. The molecule has 0 radical (unpaired) electrons. The lowest BCUT2D eigenvalue weighted by Gasteiger charge is -2.11. The van der Waals surface area contributed by atoms with E-state index in [1.807, 2.05) is 38.1 Å². The van der Waals surface area contributed by atoms with Crippen molar-refractivity contribution < 1.29 is 18.5 Å². The highest BCUT2D eigenvalue weighted by molar-refractivity contribution is 9.10. The molecule has 8 heteroatoms. The van der Waals surface area contributed by atoms with Gasteiger partial charge in [0.15, 0.2) is 36.2 Å². The first-order valence-electron chi connectivity index (χ1n) is 7.12. The molecular weight excluding hydrogens is 444 g/mol. The molecule has 0 aliphatic carbocycles. The normalized spacial score (nSPS) is 10.8. The van der Waals surface area contributed by atoms with E-state index in [9.17, 15) is 0 Å². The van der Waals surface area contributed by atoms with Crippen LogP contribution in [-0.4, -0.2) is 10.3 Å². The smallest absolute Gasteiger partial charge is 0.188 e. The number of nitrogens with zero attached hydrogens (tertiary/aromatic N) is 2. The number of halogens is 2. The fourth-order valence-electron chi connectivity index (χ4n) is 1.97. The molecule has 0 aliphatic heterocycles. The Balaban J connectivity index is 1.68. The average Bonchev–Trinajstić information content (AvgIpc) is 3.08. The Hall–Kier alpha value is -1.80. The van der Waals surface area contributed by atoms with Gasteiger partial charge in [-0.1, -0.05) is 22.4 Å². The average molecular weight is 458 g/mol. The van der Waals surface area contributed by atoms with Crippen LogP contribution in [0, 0.1) is 13.8 Å². The maximum Gasteiger partial charge on any atom is 0.188 e. The number of ether oxygens (including phenoxy) is 2. The molecule has 24 heavy (non-hydrogen) atoms. The van der Waals surface area contributed by atoms with Gasteiger partial charge in [0.1, 0.15) is 0 Å². The number of aryl methyl sites for hydroxylation is 2. The summed E-state index contributed by atoms with van der Waals surface area (Å²) < 4.78 is 23.6. The third-order valence-electron chi connectivity index (χ3n) is 3.28. The summed E-state index contributed by atoms with van der Waals surface area (Å²) in [6, 6.07) is 7.40. The summed E-state index contributed by atoms with van der Waals surface area (Å²) in [5.41, 5.74) is 1.56. The summed E-state index contributed by atoms with van der Waals surface area (Å²) in [6.07, 6.45) is 0. The topological polar surface area (TPSA) is 70.5 Å². The molecule has 6 nitrogen and oxygen atoms in total. The van der Waals surface area contributed by atoms with E-state index >= 15 is 0 Å². The maximum atomic E-state index is 5.79. The molecule has 0 saturated heterocycles. The number of aromatic nitrogens is 2. The van der Waals surface area contributed by atoms with Gasteiger partial charge < -0.3 is 18.5 Å². The van der Waals surface area contributed by atoms with Crippen LogP contribution in [0.4, 0.5) is 0 Å². The van der Waals surface area contributed by atoms with Crippen molar-refractivity contribution in [3.8, 4) is 11.5 Å². The monoisotopic (exact) mass is 456 g/mol. The Bertz CT molecular complexity index is 775. The zero-order valence-corrected chi connectivity index (χ0v) is 16.2. The van der Waals surface area contributed by atoms with Crippen molar-refractivity contribution in [1.82, 2.24) is 10.3 Å². The third-order valence-corrected chi connectivity index (χ3v) is 5.31. The minimum absolute atomic E-state index is 0.243. The molecule has 0 N–H and O–H groups in total. The molecule has 0 unspecified atom stereocenters. The van der Waals surface area contributed by atoms with Crippen LogP contribution in [0.3, 0.4) is 0 Å². The van der Waals surface area contributed by atoms with Crippen LogP contribution < -0.4 is 9.47 Å². The van der Waals surface area contributed by atoms with Crippen molar-refractivity contribution >= 4 is 31.9 Å². The first-order chi connectivity index (χ1) is 11.6. The number of hydrogen-bond donors (Lipinski definition) is 0.